The number of fused-ring (bicyclic) bond motifs is 1. The number of guanidine groups is 1. The maximum absolute atomic E-state index is 5.65. The first-order valence-corrected chi connectivity index (χ1v) is 5.00. The number of rotatable bonds is 2. The van der Waals surface area contributed by atoms with Crippen LogP contribution in [0.25, 0.3) is 5.70 Å². The molecule has 2 heterocycles. The molecule has 1 aromatic rings. The Labute approximate surface area is 88.7 Å². The molecule has 5 nitrogen and oxygen atoms in total. The summed E-state index contributed by atoms with van der Waals surface area (Å²) in [4.78, 5) is 8.53. The maximum Gasteiger partial charge on any atom is 0.199 e. The molecule has 2 rings (SSSR count). The molecule has 15 heavy (non-hydrogen) atoms. The third kappa shape index (κ3) is 1.49. The number of hydrogen-bond acceptors (Lipinski definition) is 4. The van der Waals surface area contributed by atoms with Crippen molar-refractivity contribution in [1.82, 2.24) is 14.9 Å². The van der Waals surface area contributed by atoms with Crippen LogP contribution in [0.5, 0.6) is 0 Å². The van der Waals surface area contributed by atoms with Crippen molar-refractivity contribution in [2.75, 3.05) is 0 Å². The van der Waals surface area contributed by atoms with E-state index < -0.39 is 0 Å². The van der Waals surface area contributed by atoms with E-state index in [9.17, 15) is 0 Å². The molecule has 0 aromatic carbocycles. The highest BCUT2D eigenvalue weighted by molar-refractivity contribution is 5.93. The molecule has 1 atom stereocenters. The summed E-state index contributed by atoms with van der Waals surface area (Å²) in [6.45, 7) is 8.11. The predicted molar refractivity (Wildman–Crippen MR) is 60.7 cm³/mol. The lowest BCUT2D eigenvalue weighted by Crippen LogP contribution is -2.32. The highest BCUT2D eigenvalue weighted by Gasteiger charge is 2.20. The molecule has 0 aliphatic carbocycles. The van der Waals surface area contributed by atoms with Crippen LogP contribution in [-0.2, 0) is 0 Å². The van der Waals surface area contributed by atoms with E-state index in [2.05, 4.69) is 35.7 Å². The lowest BCUT2D eigenvalue weighted by atomic mass is 10.2. The number of nitrogens with one attached hydrogen (secondary N) is 1. The van der Waals surface area contributed by atoms with Gasteiger partial charge in [-0.2, -0.15) is 4.99 Å². The van der Waals surface area contributed by atoms with Gasteiger partial charge in [-0.05, 0) is 13.3 Å². The van der Waals surface area contributed by atoms with Gasteiger partial charge in [0.15, 0.2) is 11.8 Å². The van der Waals surface area contributed by atoms with Gasteiger partial charge in [0, 0.05) is 6.04 Å². The number of aliphatic imine (C=N–C) groups is 1. The van der Waals surface area contributed by atoms with Crippen LogP contribution in [0, 0.1) is 0 Å². The zero-order valence-electron chi connectivity index (χ0n) is 8.99. The number of nitrogens with zero attached hydrogens (tertiary/aromatic N) is 3. The Kier molecular flexibility index (Phi) is 2.22. The van der Waals surface area contributed by atoms with Crippen LogP contribution < -0.4 is 11.1 Å². The van der Waals surface area contributed by atoms with Gasteiger partial charge in [0.25, 0.3) is 0 Å². The van der Waals surface area contributed by atoms with Crippen LogP contribution in [0.4, 0.5) is 5.82 Å². The van der Waals surface area contributed by atoms with E-state index in [0.717, 1.165) is 17.9 Å². The number of aromatic nitrogens is 2. The molecule has 3 N–H and O–H groups in total. The minimum atomic E-state index is 0.365. The maximum atomic E-state index is 5.65. The first-order valence-electron chi connectivity index (χ1n) is 5.00. The quantitative estimate of drug-likeness (QED) is 0.766. The first kappa shape index (κ1) is 9.76. The van der Waals surface area contributed by atoms with Crippen molar-refractivity contribution >= 4 is 17.5 Å². The van der Waals surface area contributed by atoms with Crippen LogP contribution >= 0.6 is 0 Å². The molecule has 0 bridgehead atoms. The van der Waals surface area contributed by atoms with Crippen LogP contribution in [0.15, 0.2) is 17.9 Å². The molecule has 0 amide bonds. The summed E-state index contributed by atoms with van der Waals surface area (Å²) in [7, 11) is 0. The molecule has 1 aromatic heterocycles. The van der Waals surface area contributed by atoms with Crippen molar-refractivity contribution in [3.63, 3.8) is 0 Å². The van der Waals surface area contributed by atoms with E-state index in [-0.39, 0.29) is 0 Å². The van der Waals surface area contributed by atoms with E-state index in [1.165, 1.54) is 0 Å². The Morgan fingerprint density at radius 3 is 3.07 bits per heavy atom. The number of nitrogens with two attached hydrogens (primary N) is 1. The number of imidazole rings is 1. The van der Waals surface area contributed by atoms with E-state index in [1.807, 2.05) is 4.57 Å². The van der Waals surface area contributed by atoms with E-state index >= 15 is 0 Å². The zero-order chi connectivity index (χ0) is 11.0. The summed E-state index contributed by atoms with van der Waals surface area (Å²) in [5, 5.41) is 2.86. The smallest absolute Gasteiger partial charge is 0.199 e. The summed E-state index contributed by atoms with van der Waals surface area (Å²) in [5.74, 6) is 1.17. The van der Waals surface area contributed by atoms with Gasteiger partial charge in [-0.25, -0.2) is 4.98 Å². The minimum Gasteiger partial charge on any atom is -0.369 e. The van der Waals surface area contributed by atoms with Gasteiger partial charge >= 0.3 is 0 Å². The van der Waals surface area contributed by atoms with Crippen LogP contribution in [0.1, 0.15) is 32.0 Å². The fraction of sp³-hybridized carbons (Fsp3) is 0.400. The third-order valence-electron chi connectivity index (χ3n) is 2.62. The Hall–Kier alpha value is -1.78. The van der Waals surface area contributed by atoms with Crippen molar-refractivity contribution in [3.8, 4) is 0 Å². The summed E-state index contributed by atoms with van der Waals surface area (Å²) in [6, 6.07) is 0.365. The van der Waals surface area contributed by atoms with E-state index in [4.69, 9.17) is 5.73 Å². The molecular formula is C10H15N5. The topological polar surface area (TPSA) is 68.2 Å². The second kappa shape index (κ2) is 3.42. The predicted octanol–water partition coefficient (Wildman–Crippen LogP) is 1.37. The summed E-state index contributed by atoms with van der Waals surface area (Å²) in [6.07, 6.45) is 2.81. The summed E-state index contributed by atoms with van der Waals surface area (Å²) >= 11 is 0. The van der Waals surface area contributed by atoms with E-state index in [0.29, 0.717) is 17.7 Å². The SMILES string of the molecule is C=C1NC(N)=Nc2c1ncn2C(C)CC. The molecule has 1 aliphatic heterocycles. The average Bonchev–Trinajstić information content (AvgIpc) is 2.60. The highest BCUT2D eigenvalue weighted by Crippen LogP contribution is 2.29. The molecule has 5 heteroatoms. The van der Waals surface area contributed by atoms with Gasteiger partial charge in [-0.15, -0.1) is 0 Å². The van der Waals surface area contributed by atoms with Gasteiger partial charge < -0.3 is 15.6 Å². The van der Waals surface area contributed by atoms with E-state index in [1.54, 1.807) is 6.33 Å². The molecule has 0 saturated carbocycles. The van der Waals surface area contributed by atoms with Crippen molar-refractivity contribution in [1.29, 1.82) is 0 Å². The van der Waals surface area contributed by atoms with Crippen molar-refractivity contribution < 1.29 is 0 Å². The van der Waals surface area contributed by atoms with Gasteiger partial charge in [0.1, 0.15) is 5.69 Å². The Bertz CT molecular complexity index is 429. The van der Waals surface area contributed by atoms with Gasteiger partial charge in [-0.3, -0.25) is 0 Å². The standard InChI is InChI=1S/C10H15N5/c1-4-6(2)15-5-12-8-7(3)13-10(11)14-9(8)15/h5-6H,3-4H2,1-2H3,(H3,11,13,14). The van der Waals surface area contributed by atoms with Crippen molar-refractivity contribution in [2.45, 2.75) is 26.3 Å². The molecule has 0 spiro atoms. The second-order valence-electron chi connectivity index (χ2n) is 3.68. The lowest BCUT2D eigenvalue weighted by Gasteiger charge is -2.17. The van der Waals surface area contributed by atoms with Crippen LogP contribution in [0.2, 0.25) is 0 Å². The Balaban J connectivity index is 2.51. The van der Waals surface area contributed by atoms with Crippen molar-refractivity contribution in [3.05, 3.63) is 18.6 Å². The summed E-state index contributed by atoms with van der Waals surface area (Å²) < 4.78 is 2.02. The normalized spacial score (nSPS) is 16.7. The van der Waals surface area contributed by atoms with Gasteiger partial charge in [0.05, 0.1) is 12.0 Å². The molecule has 1 unspecified atom stereocenters. The van der Waals surface area contributed by atoms with Gasteiger partial charge in [-0.1, -0.05) is 13.5 Å². The number of hydrogen-bond donors (Lipinski definition) is 2. The molecule has 0 saturated heterocycles. The fourth-order valence-corrected chi connectivity index (χ4v) is 1.55. The highest BCUT2D eigenvalue weighted by atomic mass is 15.2. The largest absolute Gasteiger partial charge is 0.369 e. The second-order valence-corrected chi connectivity index (χ2v) is 3.68. The van der Waals surface area contributed by atoms with Gasteiger partial charge in [0.2, 0.25) is 0 Å². The monoisotopic (exact) mass is 205 g/mol. The Morgan fingerprint density at radius 2 is 2.40 bits per heavy atom. The molecule has 1 aliphatic rings. The minimum absolute atomic E-state index is 0.365. The third-order valence-corrected chi connectivity index (χ3v) is 2.62. The molecule has 80 valence electrons. The zero-order valence-corrected chi connectivity index (χ0v) is 8.99. The lowest BCUT2D eigenvalue weighted by molar-refractivity contribution is 0.533. The Morgan fingerprint density at radius 1 is 1.67 bits per heavy atom. The molecule has 0 fully saturated rings. The fourth-order valence-electron chi connectivity index (χ4n) is 1.55. The first-order chi connectivity index (χ1) is 7.13. The molecule has 0 radical (unpaired) electrons. The average molecular weight is 205 g/mol. The van der Waals surface area contributed by atoms with Crippen LogP contribution in [-0.4, -0.2) is 15.5 Å². The summed E-state index contributed by atoms with van der Waals surface area (Å²) in [5.41, 5.74) is 7.14. The van der Waals surface area contributed by atoms with Crippen LogP contribution in [0.3, 0.4) is 0 Å². The molecular weight excluding hydrogens is 190 g/mol. The van der Waals surface area contributed by atoms with Crippen molar-refractivity contribution in [2.24, 2.45) is 10.7 Å².